The lowest BCUT2D eigenvalue weighted by molar-refractivity contribution is -0.122. The molecule has 1 saturated carbocycles. The molecule has 0 bridgehead atoms. The number of aliphatic hydroxyl groups excluding tert-OH is 1. The Morgan fingerprint density at radius 1 is 1.61 bits per heavy atom. The van der Waals surface area contributed by atoms with Gasteiger partial charge in [0.25, 0.3) is 0 Å². The molecule has 1 aromatic carbocycles. The first-order valence-corrected chi connectivity index (χ1v) is 6.67. The molecule has 2 rings (SSSR count). The van der Waals surface area contributed by atoms with Crippen LogP contribution in [0.5, 0.6) is 0 Å². The van der Waals surface area contributed by atoms with Crippen LogP contribution in [0.2, 0.25) is 5.02 Å². The van der Waals surface area contributed by atoms with E-state index in [1.165, 1.54) is 0 Å². The second kappa shape index (κ2) is 5.72. The van der Waals surface area contributed by atoms with Crippen molar-refractivity contribution < 1.29 is 9.90 Å². The minimum absolute atomic E-state index is 0.0671. The number of amides is 1. The van der Waals surface area contributed by atoms with E-state index in [2.05, 4.69) is 5.32 Å². The molecule has 1 aromatic rings. The number of carbonyl (C=O) groups excluding carboxylic acids is 1. The van der Waals surface area contributed by atoms with E-state index in [1.807, 2.05) is 24.3 Å². The van der Waals surface area contributed by atoms with Crippen molar-refractivity contribution in [3.8, 4) is 0 Å². The summed E-state index contributed by atoms with van der Waals surface area (Å²) in [4.78, 5) is 11.8. The summed E-state index contributed by atoms with van der Waals surface area (Å²) in [5.74, 6) is 0.452. The van der Waals surface area contributed by atoms with Crippen LogP contribution in [0, 0.1) is 5.92 Å². The van der Waals surface area contributed by atoms with Gasteiger partial charge in [0.05, 0.1) is 6.10 Å². The van der Waals surface area contributed by atoms with Crippen LogP contribution in [-0.2, 0) is 4.79 Å². The predicted octanol–water partition coefficient (Wildman–Crippen LogP) is 2.33. The Morgan fingerprint density at radius 3 is 3.06 bits per heavy atom. The minimum atomic E-state index is -0.367. The van der Waals surface area contributed by atoms with Crippen LogP contribution in [0.1, 0.15) is 31.2 Å². The Kier molecular flexibility index (Phi) is 4.25. The second-order valence-electron chi connectivity index (χ2n) is 4.93. The van der Waals surface area contributed by atoms with Gasteiger partial charge in [-0.05, 0) is 43.4 Å². The van der Waals surface area contributed by atoms with Crippen LogP contribution < -0.4 is 5.32 Å². The monoisotopic (exact) mass is 267 g/mol. The maximum Gasteiger partial charge on any atom is 0.223 e. The molecule has 4 heteroatoms. The van der Waals surface area contributed by atoms with Gasteiger partial charge in [-0.25, -0.2) is 0 Å². The van der Waals surface area contributed by atoms with E-state index in [4.69, 9.17) is 16.7 Å². The largest absolute Gasteiger partial charge is 0.393 e. The molecule has 0 heterocycles. The van der Waals surface area contributed by atoms with Gasteiger partial charge in [0.2, 0.25) is 5.91 Å². The van der Waals surface area contributed by atoms with Crippen LogP contribution in [0.15, 0.2) is 24.3 Å². The molecule has 0 radical (unpaired) electrons. The van der Waals surface area contributed by atoms with E-state index in [-0.39, 0.29) is 17.9 Å². The van der Waals surface area contributed by atoms with Crippen molar-refractivity contribution in [3.63, 3.8) is 0 Å². The predicted molar refractivity (Wildman–Crippen MR) is 71.6 cm³/mol. The van der Waals surface area contributed by atoms with E-state index < -0.39 is 0 Å². The Balaban J connectivity index is 1.82. The molecule has 0 spiro atoms. The molecule has 1 fully saturated rings. The lowest BCUT2D eigenvalue weighted by atomic mass is 10.1. The summed E-state index contributed by atoms with van der Waals surface area (Å²) in [6.45, 7) is 2.26. The van der Waals surface area contributed by atoms with Crippen LogP contribution in [0.3, 0.4) is 0 Å². The van der Waals surface area contributed by atoms with Gasteiger partial charge in [0.15, 0.2) is 0 Å². The molecule has 1 aliphatic rings. The highest BCUT2D eigenvalue weighted by Gasteiger charge is 2.43. The Morgan fingerprint density at radius 2 is 2.39 bits per heavy atom. The molecule has 1 aliphatic carbocycles. The summed E-state index contributed by atoms with van der Waals surface area (Å²) < 4.78 is 0. The first kappa shape index (κ1) is 13.4. The molecule has 2 N–H and O–H groups in total. The first-order chi connectivity index (χ1) is 8.58. The zero-order valence-corrected chi connectivity index (χ0v) is 11.2. The normalized spacial score (nSPS) is 23.5. The number of carbonyl (C=O) groups is 1. The fourth-order valence-corrected chi connectivity index (χ4v) is 2.32. The third kappa shape index (κ3) is 3.47. The quantitative estimate of drug-likeness (QED) is 0.860. The van der Waals surface area contributed by atoms with Gasteiger partial charge in [0, 0.05) is 17.5 Å². The van der Waals surface area contributed by atoms with Crippen molar-refractivity contribution in [1.82, 2.24) is 5.32 Å². The zero-order chi connectivity index (χ0) is 13.1. The van der Waals surface area contributed by atoms with Crippen LogP contribution >= 0.6 is 11.6 Å². The lowest BCUT2D eigenvalue weighted by Gasteiger charge is -2.06. The maximum atomic E-state index is 11.8. The first-order valence-electron chi connectivity index (χ1n) is 6.29. The smallest absolute Gasteiger partial charge is 0.223 e. The summed E-state index contributed by atoms with van der Waals surface area (Å²) >= 11 is 5.93. The number of benzene rings is 1. The minimum Gasteiger partial charge on any atom is -0.393 e. The molecule has 3 nitrogen and oxygen atoms in total. The highest BCUT2D eigenvalue weighted by Crippen LogP contribution is 2.47. The van der Waals surface area contributed by atoms with Crippen molar-refractivity contribution >= 4 is 17.5 Å². The van der Waals surface area contributed by atoms with Crippen LogP contribution in [0.4, 0.5) is 0 Å². The third-order valence-electron chi connectivity index (χ3n) is 3.27. The topological polar surface area (TPSA) is 49.3 Å². The molecule has 1 amide bonds. The van der Waals surface area contributed by atoms with Gasteiger partial charge in [-0.3, -0.25) is 4.79 Å². The standard InChI is InChI=1S/C14H18ClNO2/c1-9(17)5-6-16-14(18)13-8-12(13)10-3-2-4-11(15)7-10/h2-4,7,9,12-13,17H,5-6,8H2,1H3,(H,16,18). The Hall–Kier alpha value is -1.06. The van der Waals surface area contributed by atoms with E-state index >= 15 is 0 Å². The van der Waals surface area contributed by atoms with Crippen molar-refractivity contribution in [3.05, 3.63) is 34.9 Å². The summed E-state index contributed by atoms with van der Waals surface area (Å²) in [6.07, 6.45) is 1.12. The summed E-state index contributed by atoms with van der Waals surface area (Å²) in [5, 5.41) is 12.7. The SMILES string of the molecule is CC(O)CCNC(=O)C1CC1c1cccc(Cl)c1. The van der Waals surface area contributed by atoms with Crippen LogP contribution in [-0.4, -0.2) is 23.7 Å². The van der Waals surface area contributed by atoms with Crippen molar-refractivity contribution in [2.45, 2.75) is 31.8 Å². The highest BCUT2D eigenvalue weighted by atomic mass is 35.5. The zero-order valence-electron chi connectivity index (χ0n) is 10.4. The fraction of sp³-hybridized carbons (Fsp3) is 0.500. The molecular weight excluding hydrogens is 250 g/mol. The Labute approximate surface area is 112 Å². The van der Waals surface area contributed by atoms with E-state index in [0.717, 1.165) is 12.0 Å². The molecule has 0 aliphatic heterocycles. The number of halogens is 1. The van der Waals surface area contributed by atoms with Gasteiger partial charge in [0.1, 0.15) is 0 Å². The molecule has 0 aromatic heterocycles. The van der Waals surface area contributed by atoms with Gasteiger partial charge in [-0.2, -0.15) is 0 Å². The summed E-state index contributed by atoms with van der Waals surface area (Å²) in [5.41, 5.74) is 1.14. The van der Waals surface area contributed by atoms with Crippen molar-refractivity contribution in [1.29, 1.82) is 0 Å². The number of hydrogen-bond acceptors (Lipinski definition) is 2. The highest BCUT2D eigenvalue weighted by molar-refractivity contribution is 6.30. The lowest BCUT2D eigenvalue weighted by Crippen LogP contribution is -2.28. The number of hydrogen-bond donors (Lipinski definition) is 2. The molecule has 18 heavy (non-hydrogen) atoms. The molecule has 0 saturated heterocycles. The third-order valence-corrected chi connectivity index (χ3v) is 3.50. The number of nitrogens with one attached hydrogen (secondary N) is 1. The van der Waals surface area contributed by atoms with Gasteiger partial charge in [-0.15, -0.1) is 0 Å². The van der Waals surface area contributed by atoms with Gasteiger partial charge in [-0.1, -0.05) is 23.7 Å². The summed E-state index contributed by atoms with van der Waals surface area (Å²) in [6, 6.07) is 7.69. The molecule has 98 valence electrons. The van der Waals surface area contributed by atoms with E-state index in [9.17, 15) is 4.79 Å². The average Bonchev–Trinajstić information content (AvgIpc) is 3.08. The van der Waals surface area contributed by atoms with Crippen molar-refractivity contribution in [2.75, 3.05) is 6.54 Å². The van der Waals surface area contributed by atoms with Crippen molar-refractivity contribution in [2.24, 2.45) is 5.92 Å². The molecule has 3 unspecified atom stereocenters. The number of aliphatic hydroxyl groups is 1. The molecule has 3 atom stereocenters. The van der Waals surface area contributed by atoms with Gasteiger partial charge >= 0.3 is 0 Å². The summed E-state index contributed by atoms with van der Waals surface area (Å²) in [7, 11) is 0. The van der Waals surface area contributed by atoms with E-state index in [0.29, 0.717) is 23.9 Å². The average molecular weight is 268 g/mol. The second-order valence-corrected chi connectivity index (χ2v) is 5.37. The fourth-order valence-electron chi connectivity index (χ4n) is 2.13. The maximum absolute atomic E-state index is 11.8. The Bertz CT molecular complexity index is 434. The van der Waals surface area contributed by atoms with E-state index in [1.54, 1.807) is 6.92 Å². The number of rotatable bonds is 5. The van der Waals surface area contributed by atoms with Gasteiger partial charge < -0.3 is 10.4 Å². The van der Waals surface area contributed by atoms with Crippen LogP contribution in [0.25, 0.3) is 0 Å². The molecular formula is C14H18ClNO2.